The van der Waals surface area contributed by atoms with Crippen LogP contribution < -0.4 is 10.6 Å². The first-order valence-corrected chi connectivity index (χ1v) is 11.9. The van der Waals surface area contributed by atoms with E-state index >= 15 is 0 Å². The maximum atomic E-state index is 13.5. The molecule has 35 heavy (non-hydrogen) atoms. The van der Waals surface area contributed by atoms with Gasteiger partial charge in [-0.2, -0.15) is 0 Å². The van der Waals surface area contributed by atoms with E-state index in [1.807, 2.05) is 44.2 Å². The molecule has 0 aliphatic heterocycles. The number of carbonyl (C=O) groups is 3. The Hall–Kier alpha value is -3.36. The van der Waals surface area contributed by atoms with Crippen LogP contribution in [0, 0.1) is 5.92 Å². The number of hydrogen-bond donors (Lipinski definition) is 4. The van der Waals surface area contributed by atoms with Gasteiger partial charge < -0.3 is 20.1 Å². The van der Waals surface area contributed by atoms with Crippen molar-refractivity contribution >= 4 is 40.3 Å². The number of carbonyl (C=O) groups excluding carboxylic acids is 2. The lowest BCUT2D eigenvalue weighted by Crippen LogP contribution is -2.46. The highest BCUT2D eigenvalue weighted by atomic mass is 35.5. The molecule has 0 spiro atoms. The predicted molar refractivity (Wildman–Crippen MR) is 134 cm³/mol. The Labute approximate surface area is 209 Å². The van der Waals surface area contributed by atoms with E-state index in [0.29, 0.717) is 27.9 Å². The number of benzene rings is 2. The van der Waals surface area contributed by atoms with Crippen LogP contribution in [0.2, 0.25) is 5.02 Å². The van der Waals surface area contributed by atoms with E-state index < -0.39 is 29.9 Å². The highest BCUT2D eigenvalue weighted by Gasteiger charge is 2.34. The quantitative estimate of drug-likeness (QED) is 0.289. The Morgan fingerprint density at radius 1 is 1.11 bits per heavy atom. The number of rotatable bonds is 11. The number of aliphatic carboxylic acids is 1. The normalized spacial score (nSPS) is 12.9. The number of halogens is 1. The molecule has 0 saturated heterocycles. The first kappa shape index (κ1) is 26.2. The number of aromatic amines is 1. The molecule has 1 heterocycles. The third-order valence-corrected chi connectivity index (χ3v) is 5.75. The summed E-state index contributed by atoms with van der Waals surface area (Å²) in [5.74, 6) is -2.14. The zero-order valence-corrected chi connectivity index (χ0v) is 20.7. The fourth-order valence-corrected chi connectivity index (χ4v) is 4.12. The minimum absolute atomic E-state index is 0.0583. The molecule has 2 atom stereocenters. The van der Waals surface area contributed by atoms with Gasteiger partial charge in [-0.3, -0.25) is 14.9 Å². The van der Waals surface area contributed by atoms with Gasteiger partial charge in [0.2, 0.25) is 5.91 Å². The molecule has 1 aromatic heterocycles. The van der Waals surface area contributed by atoms with Crippen molar-refractivity contribution in [3.05, 3.63) is 70.4 Å². The van der Waals surface area contributed by atoms with Crippen LogP contribution in [-0.2, 0) is 20.9 Å². The molecule has 9 heteroatoms. The fraction of sp³-hybridized carbons (Fsp3) is 0.346. The van der Waals surface area contributed by atoms with Gasteiger partial charge in [0.1, 0.15) is 17.8 Å². The molecule has 4 N–H and O–H groups in total. The summed E-state index contributed by atoms with van der Waals surface area (Å²) in [6.07, 6.45) is 0.292. The second-order valence-corrected chi connectivity index (χ2v) is 9.08. The number of nitrogens with one attached hydrogen (secondary N) is 3. The first-order valence-electron chi connectivity index (χ1n) is 11.5. The summed E-state index contributed by atoms with van der Waals surface area (Å²) >= 11 is 6.16. The van der Waals surface area contributed by atoms with Gasteiger partial charge in [0, 0.05) is 28.0 Å². The van der Waals surface area contributed by atoms with Crippen molar-refractivity contribution in [2.24, 2.45) is 5.92 Å². The van der Waals surface area contributed by atoms with Crippen molar-refractivity contribution in [2.45, 2.75) is 45.8 Å². The van der Waals surface area contributed by atoms with Crippen molar-refractivity contribution in [1.29, 1.82) is 0 Å². The monoisotopic (exact) mass is 499 g/mol. The van der Waals surface area contributed by atoms with Crippen LogP contribution in [0.15, 0.2) is 48.5 Å². The lowest BCUT2D eigenvalue weighted by atomic mass is 9.97. The number of ether oxygens (including phenoxy) is 1. The largest absolute Gasteiger partial charge is 0.480 e. The maximum absolute atomic E-state index is 13.5. The van der Waals surface area contributed by atoms with Crippen molar-refractivity contribution in [3.8, 4) is 0 Å². The Morgan fingerprint density at radius 3 is 2.46 bits per heavy atom. The van der Waals surface area contributed by atoms with Gasteiger partial charge in [0.15, 0.2) is 0 Å². The van der Waals surface area contributed by atoms with E-state index in [4.69, 9.17) is 16.3 Å². The summed E-state index contributed by atoms with van der Waals surface area (Å²) in [7, 11) is 0. The highest BCUT2D eigenvalue weighted by Crippen LogP contribution is 2.32. The summed E-state index contributed by atoms with van der Waals surface area (Å²) < 4.78 is 5.23. The van der Waals surface area contributed by atoms with Gasteiger partial charge in [-0.1, -0.05) is 61.8 Å². The SMILES string of the molecule is CCOC(=O)c1[nH]c2cc(Cl)ccc2c1C(NC(CC(C)C)C(=O)O)C(=O)NCc1ccccc1. The summed E-state index contributed by atoms with van der Waals surface area (Å²) in [6, 6.07) is 12.2. The number of aromatic nitrogens is 1. The van der Waals surface area contributed by atoms with Crippen molar-refractivity contribution < 1.29 is 24.2 Å². The summed E-state index contributed by atoms with van der Waals surface area (Å²) in [5.41, 5.74) is 1.81. The van der Waals surface area contributed by atoms with Crippen molar-refractivity contribution in [1.82, 2.24) is 15.6 Å². The standard InChI is InChI=1S/C26H30ClN3O5/c1-4-35-26(34)23-21(18-11-10-17(27)13-19(18)29-23)22(30-20(25(32)33)12-15(2)3)24(31)28-14-16-8-6-5-7-9-16/h5-11,13,15,20,22,29-30H,4,12,14H2,1-3H3,(H,28,31)(H,32,33). The van der Waals surface area contributed by atoms with E-state index in [9.17, 15) is 19.5 Å². The van der Waals surface area contributed by atoms with Crippen molar-refractivity contribution in [2.75, 3.05) is 6.61 Å². The van der Waals surface area contributed by atoms with Crippen LogP contribution in [0.3, 0.4) is 0 Å². The summed E-state index contributed by atoms with van der Waals surface area (Å²) in [6.45, 7) is 5.86. The third-order valence-electron chi connectivity index (χ3n) is 5.51. The first-order chi connectivity index (χ1) is 16.7. The second kappa shape index (κ2) is 11.9. The smallest absolute Gasteiger partial charge is 0.355 e. The maximum Gasteiger partial charge on any atom is 0.355 e. The fourth-order valence-electron chi connectivity index (χ4n) is 3.95. The molecule has 1 amide bonds. The average Bonchev–Trinajstić information content (AvgIpc) is 3.19. The van der Waals surface area contributed by atoms with E-state index in [1.165, 1.54) is 0 Å². The molecule has 2 aromatic carbocycles. The number of amides is 1. The summed E-state index contributed by atoms with van der Waals surface area (Å²) in [5, 5.41) is 16.7. The van der Waals surface area contributed by atoms with Gasteiger partial charge in [0.25, 0.3) is 0 Å². The molecule has 0 aliphatic carbocycles. The third kappa shape index (κ3) is 6.61. The zero-order valence-electron chi connectivity index (χ0n) is 19.9. The topological polar surface area (TPSA) is 121 Å². The average molecular weight is 500 g/mol. The Kier molecular flexibility index (Phi) is 8.89. The van der Waals surface area contributed by atoms with E-state index in [1.54, 1.807) is 25.1 Å². The molecule has 0 fully saturated rings. The minimum Gasteiger partial charge on any atom is -0.480 e. The molecule has 0 radical (unpaired) electrons. The van der Waals surface area contributed by atoms with Crippen molar-refractivity contribution in [3.63, 3.8) is 0 Å². The van der Waals surface area contributed by atoms with Gasteiger partial charge in [-0.05, 0) is 37.0 Å². The van der Waals surface area contributed by atoms with Gasteiger partial charge in [0.05, 0.1) is 6.61 Å². The highest BCUT2D eigenvalue weighted by molar-refractivity contribution is 6.31. The number of carboxylic acid groups (broad SMARTS) is 1. The van der Waals surface area contributed by atoms with Crippen LogP contribution in [0.1, 0.15) is 54.8 Å². The zero-order chi connectivity index (χ0) is 25.5. The molecule has 0 aliphatic rings. The Morgan fingerprint density at radius 2 is 1.83 bits per heavy atom. The number of esters is 1. The Bertz CT molecular complexity index is 1190. The molecule has 2 unspecified atom stereocenters. The molecular weight excluding hydrogens is 470 g/mol. The van der Waals surface area contributed by atoms with Gasteiger partial charge >= 0.3 is 11.9 Å². The molecule has 0 saturated carbocycles. The van der Waals surface area contributed by atoms with Gasteiger partial charge in [-0.15, -0.1) is 0 Å². The number of carboxylic acids is 1. The van der Waals surface area contributed by atoms with E-state index in [0.717, 1.165) is 5.56 Å². The molecule has 8 nitrogen and oxygen atoms in total. The minimum atomic E-state index is -1.15. The van der Waals surface area contributed by atoms with Crippen LogP contribution in [0.25, 0.3) is 10.9 Å². The number of H-pyrrole nitrogens is 1. The van der Waals surface area contributed by atoms with Crippen LogP contribution in [0.5, 0.6) is 0 Å². The van der Waals surface area contributed by atoms with Gasteiger partial charge in [-0.25, -0.2) is 4.79 Å². The van der Waals surface area contributed by atoms with Crippen LogP contribution in [0.4, 0.5) is 0 Å². The lowest BCUT2D eigenvalue weighted by molar-refractivity contribution is -0.140. The van der Waals surface area contributed by atoms with Crippen LogP contribution in [-0.4, -0.2) is 40.6 Å². The Balaban J connectivity index is 2.09. The number of fused-ring (bicyclic) bond motifs is 1. The second-order valence-electron chi connectivity index (χ2n) is 8.65. The number of hydrogen-bond acceptors (Lipinski definition) is 5. The summed E-state index contributed by atoms with van der Waals surface area (Å²) in [4.78, 5) is 41.5. The predicted octanol–water partition coefficient (Wildman–Crippen LogP) is 4.44. The molecule has 3 rings (SSSR count). The molecule has 186 valence electrons. The molecule has 3 aromatic rings. The van der Waals surface area contributed by atoms with E-state index in [-0.39, 0.29) is 24.8 Å². The molecular formula is C26H30ClN3O5. The van der Waals surface area contributed by atoms with Crippen LogP contribution >= 0.6 is 11.6 Å². The molecule has 0 bridgehead atoms. The van der Waals surface area contributed by atoms with E-state index in [2.05, 4.69) is 15.6 Å². The lowest BCUT2D eigenvalue weighted by Gasteiger charge is -2.25.